The van der Waals surface area contributed by atoms with Gasteiger partial charge in [0.15, 0.2) is 0 Å². The topological polar surface area (TPSA) is 69.6 Å². The van der Waals surface area contributed by atoms with Gasteiger partial charge in [0, 0.05) is 29.4 Å². The summed E-state index contributed by atoms with van der Waals surface area (Å²) >= 11 is 1.53. The molecule has 1 rings (SSSR count). The van der Waals surface area contributed by atoms with Gasteiger partial charge < -0.3 is 10.4 Å². The lowest BCUT2D eigenvalue weighted by Crippen LogP contribution is -2.34. The standard InChI is InChI=1S/C13H18N2O3S/c1-3-15(9-12(16)14-2)8-11-5-4-10(19-11)6-7-13(17)18/h4-7H,3,8-9H2,1-2H3,(H,14,16)(H,17,18). The number of carboxylic acids is 1. The van der Waals surface area contributed by atoms with E-state index in [9.17, 15) is 9.59 Å². The molecule has 19 heavy (non-hydrogen) atoms. The van der Waals surface area contributed by atoms with E-state index < -0.39 is 5.97 Å². The summed E-state index contributed by atoms with van der Waals surface area (Å²) in [5.74, 6) is -0.964. The fourth-order valence-corrected chi connectivity index (χ4v) is 2.46. The Morgan fingerprint density at radius 1 is 1.47 bits per heavy atom. The molecule has 1 aromatic heterocycles. The summed E-state index contributed by atoms with van der Waals surface area (Å²) in [5.41, 5.74) is 0. The number of hydrogen-bond donors (Lipinski definition) is 2. The number of carbonyl (C=O) groups is 2. The first-order chi connectivity index (χ1) is 9.05. The quantitative estimate of drug-likeness (QED) is 0.742. The molecule has 6 heteroatoms. The zero-order valence-electron chi connectivity index (χ0n) is 11.0. The zero-order valence-corrected chi connectivity index (χ0v) is 11.9. The molecule has 2 N–H and O–H groups in total. The van der Waals surface area contributed by atoms with E-state index in [2.05, 4.69) is 5.32 Å². The first-order valence-electron chi connectivity index (χ1n) is 5.97. The second kappa shape index (κ2) is 7.70. The molecule has 0 aliphatic heterocycles. The lowest BCUT2D eigenvalue weighted by molar-refractivity contribution is -0.131. The van der Waals surface area contributed by atoms with Gasteiger partial charge in [-0.2, -0.15) is 0 Å². The molecule has 0 spiro atoms. The Kier molecular flexibility index (Phi) is 6.24. The van der Waals surface area contributed by atoms with Gasteiger partial charge in [0.1, 0.15) is 0 Å². The Labute approximate surface area is 116 Å². The number of aliphatic carboxylic acids is 1. The monoisotopic (exact) mass is 282 g/mol. The number of amides is 1. The van der Waals surface area contributed by atoms with Crippen LogP contribution in [0, 0.1) is 0 Å². The van der Waals surface area contributed by atoms with Gasteiger partial charge in [-0.15, -0.1) is 11.3 Å². The molecule has 0 saturated heterocycles. The minimum Gasteiger partial charge on any atom is -0.478 e. The Balaban J connectivity index is 2.60. The minimum atomic E-state index is -0.954. The molecule has 0 saturated carbocycles. The molecular weight excluding hydrogens is 264 g/mol. The van der Waals surface area contributed by atoms with Crippen LogP contribution in [0.25, 0.3) is 6.08 Å². The van der Waals surface area contributed by atoms with Crippen molar-refractivity contribution >= 4 is 29.3 Å². The maximum absolute atomic E-state index is 11.3. The van der Waals surface area contributed by atoms with Crippen molar-refractivity contribution in [3.05, 3.63) is 28.0 Å². The summed E-state index contributed by atoms with van der Waals surface area (Å²) in [5, 5.41) is 11.2. The number of nitrogens with one attached hydrogen (secondary N) is 1. The van der Waals surface area contributed by atoms with Crippen LogP contribution in [0.2, 0.25) is 0 Å². The van der Waals surface area contributed by atoms with Gasteiger partial charge >= 0.3 is 5.97 Å². The van der Waals surface area contributed by atoms with Crippen molar-refractivity contribution in [3.8, 4) is 0 Å². The first-order valence-corrected chi connectivity index (χ1v) is 6.79. The third-order valence-electron chi connectivity index (χ3n) is 2.55. The zero-order chi connectivity index (χ0) is 14.3. The average Bonchev–Trinajstić information content (AvgIpc) is 2.83. The average molecular weight is 282 g/mol. The number of hydrogen-bond acceptors (Lipinski definition) is 4. The summed E-state index contributed by atoms with van der Waals surface area (Å²) < 4.78 is 0. The largest absolute Gasteiger partial charge is 0.478 e. The summed E-state index contributed by atoms with van der Waals surface area (Å²) in [4.78, 5) is 25.8. The molecule has 0 fully saturated rings. The van der Waals surface area contributed by atoms with Crippen LogP contribution in [0.5, 0.6) is 0 Å². The Morgan fingerprint density at radius 3 is 2.79 bits per heavy atom. The van der Waals surface area contributed by atoms with Crippen molar-refractivity contribution in [2.45, 2.75) is 13.5 Å². The maximum Gasteiger partial charge on any atom is 0.328 e. The molecule has 0 atom stereocenters. The van der Waals surface area contributed by atoms with E-state index in [0.29, 0.717) is 13.1 Å². The molecule has 104 valence electrons. The number of carboxylic acid groups (broad SMARTS) is 1. The molecule has 1 amide bonds. The van der Waals surface area contributed by atoms with E-state index in [1.54, 1.807) is 13.1 Å². The van der Waals surface area contributed by atoms with Crippen LogP contribution in [0.4, 0.5) is 0 Å². The van der Waals surface area contributed by atoms with Crippen LogP contribution in [-0.2, 0) is 16.1 Å². The highest BCUT2D eigenvalue weighted by Crippen LogP contribution is 2.19. The molecule has 0 aliphatic carbocycles. The van der Waals surface area contributed by atoms with Crippen LogP contribution in [0.15, 0.2) is 18.2 Å². The van der Waals surface area contributed by atoms with Gasteiger partial charge in [-0.05, 0) is 24.8 Å². The van der Waals surface area contributed by atoms with Crippen LogP contribution >= 0.6 is 11.3 Å². The van der Waals surface area contributed by atoms with Crippen LogP contribution in [0.1, 0.15) is 16.7 Å². The van der Waals surface area contributed by atoms with Crippen molar-refractivity contribution in [2.24, 2.45) is 0 Å². The third kappa shape index (κ3) is 5.67. The molecular formula is C13H18N2O3S. The third-order valence-corrected chi connectivity index (χ3v) is 3.58. The van der Waals surface area contributed by atoms with Gasteiger partial charge in [0.2, 0.25) is 5.91 Å². The Bertz CT molecular complexity index is 468. The minimum absolute atomic E-state index is 0.00981. The van der Waals surface area contributed by atoms with Crippen molar-refractivity contribution in [1.82, 2.24) is 10.2 Å². The smallest absolute Gasteiger partial charge is 0.328 e. The Hall–Kier alpha value is -1.66. The summed E-state index contributed by atoms with van der Waals surface area (Å²) in [6.45, 7) is 3.84. The molecule has 0 radical (unpaired) electrons. The fourth-order valence-electron chi connectivity index (χ4n) is 1.50. The SMILES string of the molecule is CCN(CC(=O)NC)Cc1ccc(C=CC(=O)O)s1. The van der Waals surface area contributed by atoms with Gasteiger partial charge in [0.25, 0.3) is 0 Å². The van der Waals surface area contributed by atoms with E-state index in [-0.39, 0.29) is 5.91 Å². The summed E-state index contributed by atoms with van der Waals surface area (Å²) in [6, 6.07) is 3.84. The molecule has 0 bridgehead atoms. The van der Waals surface area contributed by atoms with E-state index in [1.165, 1.54) is 11.3 Å². The van der Waals surface area contributed by atoms with Crippen LogP contribution < -0.4 is 5.32 Å². The predicted octanol–water partition coefficient (Wildman–Crippen LogP) is 1.41. The highest BCUT2D eigenvalue weighted by molar-refractivity contribution is 7.12. The molecule has 5 nitrogen and oxygen atoms in total. The van der Waals surface area contributed by atoms with Crippen molar-refractivity contribution in [2.75, 3.05) is 20.1 Å². The number of carbonyl (C=O) groups excluding carboxylic acids is 1. The lowest BCUT2D eigenvalue weighted by atomic mass is 10.3. The molecule has 1 aromatic rings. The summed E-state index contributed by atoms with van der Waals surface area (Å²) in [6.07, 6.45) is 2.70. The van der Waals surface area contributed by atoms with Gasteiger partial charge in [0.05, 0.1) is 6.54 Å². The molecule has 1 heterocycles. The van der Waals surface area contributed by atoms with E-state index in [0.717, 1.165) is 22.4 Å². The number of likely N-dealkylation sites (N-methyl/N-ethyl adjacent to an activating group) is 2. The van der Waals surface area contributed by atoms with E-state index in [4.69, 9.17) is 5.11 Å². The fraction of sp³-hybridized carbons (Fsp3) is 0.385. The number of rotatable bonds is 7. The second-order valence-corrected chi connectivity index (χ2v) is 5.15. The predicted molar refractivity (Wildman–Crippen MR) is 76.0 cm³/mol. The van der Waals surface area contributed by atoms with Crippen molar-refractivity contribution in [1.29, 1.82) is 0 Å². The van der Waals surface area contributed by atoms with Crippen molar-refractivity contribution in [3.63, 3.8) is 0 Å². The van der Waals surface area contributed by atoms with Gasteiger partial charge in [-0.1, -0.05) is 6.92 Å². The number of thiophene rings is 1. The van der Waals surface area contributed by atoms with Crippen LogP contribution in [0.3, 0.4) is 0 Å². The van der Waals surface area contributed by atoms with Crippen molar-refractivity contribution < 1.29 is 14.7 Å². The summed E-state index contributed by atoms with van der Waals surface area (Å²) in [7, 11) is 1.62. The molecule has 0 aromatic carbocycles. The van der Waals surface area contributed by atoms with Crippen LogP contribution in [-0.4, -0.2) is 42.0 Å². The van der Waals surface area contributed by atoms with Gasteiger partial charge in [-0.25, -0.2) is 4.79 Å². The second-order valence-electron chi connectivity index (χ2n) is 3.95. The maximum atomic E-state index is 11.3. The first kappa shape index (κ1) is 15.4. The lowest BCUT2D eigenvalue weighted by Gasteiger charge is -2.18. The highest BCUT2D eigenvalue weighted by Gasteiger charge is 2.09. The number of nitrogens with zero attached hydrogens (tertiary/aromatic N) is 1. The Morgan fingerprint density at radius 2 is 2.21 bits per heavy atom. The highest BCUT2D eigenvalue weighted by atomic mass is 32.1. The molecule has 0 aliphatic rings. The molecule has 0 unspecified atom stereocenters. The van der Waals surface area contributed by atoms with E-state index >= 15 is 0 Å². The van der Waals surface area contributed by atoms with Gasteiger partial charge in [-0.3, -0.25) is 9.69 Å². The van der Waals surface area contributed by atoms with E-state index in [1.807, 2.05) is 24.0 Å². The normalized spacial score (nSPS) is 11.1.